The Morgan fingerprint density at radius 3 is 2.64 bits per heavy atom. The summed E-state index contributed by atoms with van der Waals surface area (Å²) in [6, 6.07) is 0. The summed E-state index contributed by atoms with van der Waals surface area (Å²) in [5.41, 5.74) is 4.42. The normalized spacial score (nSPS) is 12.6. The van der Waals surface area contributed by atoms with Gasteiger partial charge in [-0.05, 0) is 20.1 Å². The third kappa shape index (κ3) is 3.45. The molecule has 14 heavy (non-hydrogen) atoms. The fourth-order valence-corrected chi connectivity index (χ4v) is 1.04. The largest absolute Gasteiger partial charge is 0.409 e. The number of hydrogen-bond donors (Lipinski definition) is 3. The van der Waals surface area contributed by atoms with Gasteiger partial charge in [0.05, 0.1) is 0 Å². The maximum absolute atomic E-state index is 11.5. The summed E-state index contributed by atoms with van der Waals surface area (Å²) in [7, 11) is 0. The van der Waals surface area contributed by atoms with E-state index < -0.39 is 5.41 Å². The van der Waals surface area contributed by atoms with E-state index in [1.54, 1.807) is 25.6 Å². The Hall–Kier alpha value is -0.910. The zero-order valence-corrected chi connectivity index (χ0v) is 9.52. The Morgan fingerprint density at radius 2 is 2.21 bits per heavy atom. The maximum Gasteiger partial charge on any atom is 0.233 e. The second kappa shape index (κ2) is 5.74. The van der Waals surface area contributed by atoms with Crippen LogP contribution in [0.25, 0.3) is 0 Å². The smallest absolute Gasteiger partial charge is 0.233 e. The van der Waals surface area contributed by atoms with Gasteiger partial charge < -0.3 is 16.3 Å². The molecule has 0 aliphatic heterocycles. The second-order valence-electron chi connectivity index (χ2n) is 3.36. The van der Waals surface area contributed by atoms with Gasteiger partial charge in [0, 0.05) is 12.3 Å². The number of hydrogen-bond acceptors (Lipinski definition) is 4. The lowest BCUT2D eigenvalue weighted by Gasteiger charge is -2.21. The van der Waals surface area contributed by atoms with Gasteiger partial charge in [-0.1, -0.05) is 5.16 Å². The van der Waals surface area contributed by atoms with E-state index in [1.807, 2.05) is 6.26 Å². The Morgan fingerprint density at radius 1 is 1.64 bits per heavy atom. The lowest BCUT2D eigenvalue weighted by Crippen LogP contribution is -2.46. The first-order valence-corrected chi connectivity index (χ1v) is 5.61. The standard InChI is InChI=1S/C8H17N3O2S/c1-8(2,6(9)11-13)7(12)10-4-5-14-3/h13H,4-5H2,1-3H3,(H2,9,11)(H,10,12). The predicted octanol–water partition coefficient (Wildman–Crippen LogP) is 0.238. The van der Waals surface area contributed by atoms with Crippen LogP contribution in [-0.2, 0) is 4.79 Å². The van der Waals surface area contributed by atoms with Crippen molar-refractivity contribution >= 4 is 23.5 Å². The number of nitrogens with two attached hydrogens (primary N) is 1. The number of nitrogens with one attached hydrogen (secondary N) is 1. The van der Waals surface area contributed by atoms with E-state index in [0.717, 1.165) is 5.75 Å². The molecule has 0 aliphatic rings. The van der Waals surface area contributed by atoms with Gasteiger partial charge >= 0.3 is 0 Å². The Kier molecular flexibility index (Phi) is 5.37. The molecule has 0 aromatic carbocycles. The SMILES string of the molecule is CSCCNC(=O)C(C)(C)C(N)=NO. The average molecular weight is 219 g/mol. The van der Waals surface area contributed by atoms with E-state index in [2.05, 4.69) is 10.5 Å². The second-order valence-corrected chi connectivity index (χ2v) is 4.34. The van der Waals surface area contributed by atoms with Crippen LogP contribution in [-0.4, -0.2) is 35.5 Å². The van der Waals surface area contributed by atoms with Crippen molar-refractivity contribution in [2.75, 3.05) is 18.6 Å². The molecular weight excluding hydrogens is 202 g/mol. The number of carbonyl (C=O) groups excluding carboxylic acids is 1. The highest BCUT2D eigenvalue weighted by Gasteiger charge is 2.32. The minimum Gasteiger partial charge on any atom is -0.409 e. The van der Waals surface area contributed by atoms with Crippen LogP contribution in [0.2, 0.25) is 0 Å². The van der Waals surface area contributed by atoms with Gasteiger partial charge in [0.25, 0.3) is 0 Å². The summed E-state index contributed by atoms with van der Waals surface area (Å²) in [4.78, 5) is 11.5. The summed E-state index contributed by atoms with van der Waals surface area (Å²) in [6.45, 7) is 3.80. The quantitative estimate of drug-likeness (QED) is 0.203. The first-order valence-electron chi connectivity index (χ1n) is 4.22. The van der Waals surface area contributed by atoms with Gasteiger partial charge in [-0.25, -0.2) is 0 Å². The fraction of sp³-hybridized carbons (Fsp3) is 0.750. The number of rotatable bonds is 5. The number of nitrogens with zero attached hydrogens (tertiary/aromatic N) is 1. The number of oxime groups is 1. The molecule has 82 valence electrons. The molecule has 0 heterocycles. The van der Waals surface area contributed by atoms with E-state index in [4.69, 9.17) is 10.9 Å². The highest BCUT2D eigenvalue weighted by molar-refractivity contribution is 7.98. The third-order valence-corrected chi connectivity index (χ3v) is 2.52. The number of amidine groups is 1. The van der Waals surface area contributed by atoms with Crippen LogP contribution in [0.15, 0.2) is 5.16 Å². The van der Waals surface area contributed by atoms with Crippen molar-refractivity contribution in [1.29, 1.82) is 0 Å². The molecule has 0 radical (unpaired) electrons. The van der Waals surface area contributed by atoms with Crippen LogP contribution in [0.3, 0.4) is 0 Å². The Bertz CT molecular complexity index is 229. The van der Waals surface area contributed by atoms with Gasteiger partial charge in [0.2, 0.25) is 5.91 Å². The molecule has 0 aromatic heterocycles. The molecule has 0 aliphatic carbocycles. The summed E-state index contributed by atoms with van der Waals surface area (Å²) in [5.74, 6) is 0.527. The highest BCUT2D eigenvalue weighted by atomic mass is 32.2. The zero-order valence-electron chi connectivity index (χ0n) is 8.70. The predicted molar refractivity (Wildman–Crippen MR) is 58.6 cm³/mol. The summed E-state index contributed by atoms with van der Waals surface area (Å²) >= 11 is 1.64. The van der Waals surface area contributed by atoms with Crippen LogP contribution in [0.5, 0.6) is 0 Å². The summed E-state index contributed by atoms with van der Waals surface area (Å²) in [5, 5.41) is 14.0. The fourth-order valence-electron chi connectivity index (χ4n) is 0.729. The van der Waals surface area contributed by atoms with Crippen molar-refractivity contribution in [1.82, 2.24) is 5.32 Å². The van der Waals surface area contributed by atoms with Crippen LogP contribution in [0, 0.1) is 5.41 Å². The zero-order chi connectivity index (χ0) is 11.2. The lowest BCUT2D eigenvalue weighted by atomic mass is 9.91. The molecule has 0 aromatic rings. The Balaban J connectivity index is 4.22. The van der Waals surface area contributed by atoms with Gasteiger partial charge in [0.1, 0.15) is 5.41 Å². The van der Waals surface area contributed by atoms with Crippen LogP contribution >= 0.6 is 11.8 Å². The molecule has 6 heteroatoms. The molecule has 0 bridgehead atoms. The van der Waals surface area contributed by atoms with Gasteiger partial charge in [0.15, 0.2) is 5.84 Å². The monoisotopic (exact) mass is 219 g/mol. The maximum atomic E-state index is 11.5. The highest BCUT2D eigenvalue weighted by Crippen LogP contribution is 2.14. The first-order chi connectivity index (χ1) is 6.46. The van der Waals surface area contributed by atoms with E-state index in [9.17, 15) is 4.79 Å². The molecule has 1 amide bonds. The van der Waals surface area contributed by atoms with Crippen LogP contribution in [0.1, 0.15) is 13.8 Å². The molecule has 0 rings (SSSR count). The van der Waals surface area contributed by atoms with Gasteiger partial charge in [-0.2, -0.15) is 11.8 Å². The van der Waals surface area contributed by atoms with Crippen molar-refractivity contribution < 1.29 is 10.0 Å². The molecule has 5 nitrogen and oxygen atoms in total. The molecule has 0 unspecified atom stereocenters. The van der Waals surface area contributed by atoms with Crippen LogP contribution in [0.4, 0.5) is 0 Å². The Labute approximate surface area is 88.1 Å². The van der Waals surface area contributed by atoms with Crippen LogP contribution < -0.4 is 11.1 Å². The molecule has 0 spiro atoms. The average Bonchev–Trinajstić information content (AvgIpc) is 2.16. The van der Waals surface area contributed by atoms with Crippen molar-refractivity contribution in [3.8, 4) is 0 Å². The van der Waals surface area contributed by atoms with Crippen molar-refractivity contribution in [3.63, 3.8) is 0 Å². The molecule has 0 atom stereocenters. The van der Waals surface area contributed by atoms with E-state index >= 15 is 0 Å². The minimum atomic E-state index is -0.965. The number of amides is 1. The van der Waals surface area contributed by atoms with Crippen molar-refractivity contribution in [2.45, 2.75) is 13.8 Å². The van der Waals surface area contributed by atoms with E-state index in [-0.39, 0.29) is 11.7 Å². The van der Waals surface area contributed by atoms with E-state index in [0.29, 0.717) is 6.54 Å². The first kappa shape index (κ1) is 13.1. The summed E-state index contributed by atoms with van der Waals surface area (Å²) in [6.07, 6.45) is 1.96. The minimum absolute atomic E-state index is 0.0841. The third-order valence-electron chi connectivity index (χ3n) is 1.91. The van der Waals surface area contributed by atoms with E-state index in [1.165, 1.54) is 0 Å². The molecular formula is C8H17N3O2S. The molecule has 0 saturated heterocycles. The topological polar surface area (TPSA) is 87.7 Å². The molecule has 4 N–H and O–H groups in total. The number of carbonyl (C=O) groups is 1. The molecule has 0 fully saturated rings. The molecule has 0 saturated carbocycles. The summed E-state index contributed by atoms with van der Waals surface area (Å²) < 4.78 is 0. The van der Waals surface area contributed by atoms with Gasteiger partial charge in [-0.15, -0.1) is 0 Å². The van der Waals surface area contributed by atoms with Crippen molar-refractivity contribution in [3.05, 3.63) is 0 Å². The lowest BCUT2D eigenvalue weighted by molar-refractivity contribution is -0.126. The number of thioether (sulfide) groups is 1. The van der Waals surface area contributed by atoms with Crippen molar-refractivity contribution in [2.24, 2.45) is 16.3 Å². The van der Waals surface area contributed by atoms with Gasteiger partial charge in [-0.3, -0.25) is 4.79 Å².